The minimum atomic E-state index is 0.780. The Morgan fingerprint density at radius 1 is 1.39 bits per heavy atom. The molecule has 1 N–H and O–H groups in total. The summed E-state index contributed by atoms with van der Waals surface area (Å²) in [6, 6.07) is 5.01. The summed E-state index contributed by atoms with van der Waals surface area (Å²) in [5, 5.41) is 3.52. The zero-order chi connectivity index (χ0) is 12.8. The number of likely N-dealkylation sites (tertiary alicyclic amines) is 1. The van der Waals surface area contributed by atoms with Gasteiger partial charge in [0.15, 0.2) is 0 Å². The first kappa shape index (κ1) is 13.5. The van der Waals surface area contributed by atoms with Crippen molar-refractivity contribution in [3.05, 3.63) is 29.6 Å². The Balaban J connectivity index is 1.65. The molecule has 1 aliphatic heterocycles. The van der Waals surface area contributed by atoms with Gasteiger partial charge in [-0.2, -0.15) is 0 Å². The van der Waals surface area contributed by atoms with Crippen LogP contribution >= 0.6 is 0 Å². The molecule has 1 aliphatic rings. The Morgan fingerprint density at radius 2 is 2.28 bits per heavy atom. The van der Waals surface area contributed by atoms with Crippen LogP contribution in [0.15, 0.2) is 18.3 Å². The van der Waals surface area contributed by atoms with E-state index in [9.17, 15) is 0 Å². The lowest BCUT2D eigenvalue weighted by Crippen LogP contribution is -2.38. The van der Waals surface area contributed by atoms with Crippen molar-refractivity contribution in [2.24, 2.45) is 0 Å². The molecule has 3 nitrogen and oxygen atoms in total. The summed E-state index contributed by atoms with van der Waals surface area (Å²) in [4.78, 5) is 6.82. The molecule has 0 saturated carbocycles. The lowest BCUT2D eigenvalue weighted by molar-refractivity contribution is 0.175. The molecular weight excluding hydrogens is 222 g/mol. The fourth-order valence-corrected chi connectivity index (χ4v) is 2.61. The molecule has 0 aliphatic carbocycles. The third-order valence-corrected chi connectivity index (χ3v) is 3.88. The first-order valence-corrected chi connectivity index (χ1v) is 7.08. The predicted molar refractivity (Wildman–Crippen MR) is 75.6 cm³/mol. The van der Waals surface area contributed by atoms with Crippen molar-refractivity contribution >= 4 is 0 Å². The molecule has 0 radical (unpaired) electrons. The summed E-state index contributed by atoms with van der Waals surface area (Å²) in [5.74, 6) is 0. The molecule has 2 rings (SSSR count). The highest BCUT2D eigenvalue weighted by Crippen LogP contribution is 2.17. The second-order valence-electron chi connectivity index (χ2n) is 5.40. The summed E-state index contributed by atoms with van der Waals surface area (Å²) in [7, 11) is 2.26. The average Bonchev–Trinajstić information content (AvgIpc) is 2.39. The van der Waals surface area contributed by atoms with Crippen LogP contribution in [0.4, 0.5) is 0 Å². The standard InChI is InChI=1S/C15H25N3/c1-13-6-7-14(12-17-13)11-16-9-8-15-5-3-4-10-18(15)2/h6-7,12,15-16H,3-5,8-11H2,1-2H3. The molecule has 3 heteroatoms. The van der Waals surface area contributed by atoms with E-state index in [1.807, 2.05) is 13.1 Å². The van der Waals surface area contributed by atoms with Crippen LogP contribution in [0.3, 0.4) is 0 Å². The number of nitrogens with zero attached hydrogens (tertiary/aromatic N) is 2. The van der Waals surface area contributed by atoms with Gasteiger partial charge < -0.3 is 10.2 Å². The minimum Gasteiger partial charge on any atom is -0.313 e. The van der Waals surface area contributed by atoms with Crippen molar-refractivity contribution in [2.45, 2.75) is 45.2 Å². The third-order valence-electron chi connectivity index (χ3n) is 3.88. The van der Waals surface area contributed by atoms with E-state index in [1.165, 1.54) is 37.8 Å². The number of aromatic nitrogens is 1. The van der Waals surface area contributed by atoms with Gasteiger partial charge >= 0.3 is 0 Å². The van der Waals surface area contributed by atoms with Crippen LogP contribution in [-0.2, 0) is 6.54 Å². The fourth-order valence-electron chi connectivity index (χ4n) is 2.61. The van der Waals surface area contributed by atoms with Crippen LogP contribution in [0.2, 0.25) is 0 Å². The Morgan fingerprint density at radius 3 is 3.00 bits per heavy atom. The maximum atomic E-state index is 4.31. The maximum absolute atomic E-state index is 4.31. The summed E-state index contributed by atoms with van der Waals surface area (Å²) in [6.07, 6.45) is 7.36. The topological polar surface area (TPSA) is 28.2 Å². The molecule has 0 amide bonds. The third kappa shape index (κ3) is 4.07. The van der Waals surface area contributed by atoms with Gasteiger partial charge in [-0.1, -0.05) is 12.5 Å². The van der Waals surface area contributed by atoms with E-state index in [-0.39, 0.29) is 0 Å². The van der Waals surface area contributed by atoms with E-state index in [1.54, 1.807) is 0 Å². The number of piperidine rings is 1. The molecule has 1 unspecified atom stereocenters. The number of aryl methyl sites for hydroxylation is 1. The molecule has 1 saturated heterocycles. The van der Waals surface area contributed by atoms with Gasteiger partial charge in [-0.3, -0.25) is 4.98 Å². The van der Waals surface area contributed by atoms with Crippen molar-refractivity contribution in [3.63, 3.8) is 0 Å². The van der Waals surface area contributed by atoms with Crippen LogP contribution in [0, 0.1) is 6.92 Å². The van der Waals surface area contributed by atoms with Crippen LogP contribution < -0.4 is 5.32 Å². The number of hydrogen-bond donors (Lipinski definition) is 1. The zero-order valence-corrected chi connectivity index (χ0v) is 11.7. The van der Waals surface area contributed by atoms with Gasteiger partial charge in [0.1, 0.15) is 0 Å². The lowest BCUT2D eigenvalue weighted by atomic mass is 10.0. The van der Waals surface area contributed by atoms with Gasteiger partial charge in [0.05, 0.1) is 0 Å². The van der Waals surface area contributed by atoms with Crippen molar-refractivity contribution < 1.29 is 0 Å². The maximum Gasteiger partial charge on any atom is 0.0372 e. The van der Waals surface area contributed by atoms with Crippen molar-refractivity contribution in [1.29, 1.82) is 0 Å². The van der Waals surface area contributed by atoms with Crippen molar-refractivity contribution in [3.8, 4) is 0 Å². The second kappa shape index (κ2) is 6.86. The molecular formula is C15H25N3. The average molecular weight is 247 g/mol. The molecule has 1 aromatic heterocycles. The lowest BCUT2D eigenvalue weighted by Gasteiger charge is -2.32. The summed E-state index contributed by atoms with van der Waals surface area (Å²) in [6.45, 7) is 5.33. The van der Waals surface area contributed by atoms with Gasteiger partial charge in [-0.05, 0) is 58.0 Å². The Labute approximate surface area is 111 Å². The predicted octanol–water partition coefficient (Wildman–Crippen LogP) is 2.35. The van der Waals surface area contributed by atoms with Gasteiger partial charge in [0, 0.05) is 24.5 Å². The van der Waals surface area contributed by atoms with Crippen LogP contribution in [0.1, 0.15) is 36.9 Å². The highest BCUT2D eigenvalue weighted by Gasteiger charge is 2.17. The summed E-state index contributed by atoms with van der Waals surface area (Å²) >= 11 is 0. The number of nitrogens with one attached hydrogen (secondary N) is 1. The largest absolute Gasteiger partial charge is 0.313 e. The van der Waals surface area contributed by atoms with E-state index < -0.39 is 0 Å². The highest BCUT2D eigenvalue weighted by molar-refractivity contribution is 5.12. The van der Waals surface area contributed by atoms with Gasteiger partial charge in [0.25, 0.3) is 0 Å². The van der Waals surface area contributed by atoms with E-state index in [0.29, 0.717) is 0 Å². The number of pyridine rings is 1. The molecule has 1 aromatic rings. The normalized spacial score (nSPS) is 21.1. The van der Waals surface area contributed by atoms with Crippen molar-refractivity contribution in [1.82, 2.24) is 15.2 Å². The Kier molecular flexibility index (Phi) is 5.14. The molecule has 2 heterocycles. The van der Waals surface area contributed by atoms with Crippen molar-refractivity contribution in [2.75, 3.05) is 20.1 Å². The van der Waals surface area contributed by atoms with Crippen LogP contribution in [0.25, 0.3) is 0 Å². The highest BCUT2D eigenvalue weighted by atomic mass is 15.1. The SMILES string of the molecule is Cc1ccc(CNCCC2CCCCN2C)cn1. The monoisotopic (exact) mass is 247 g/mol. The molecule has 1 fully saturated rings. The zero-order valence-electron chi connectivity index (χ0n) is 11.7. The van der Waals surface area contributed by atoms with E-state index in [4.69, 9.17) is 0 Å². The van der Waals surface area contributed by atoms with E-state index in [2.05, 4.69) is 34.4 Å². The van der Waals surface area contributed by atoms with Crippen LogP contribution in [0.5, 0.6) is 0 Å². The quantitative estimate of drug-likeness (QED) is 0.810. The van der Waals surface area contributed by atoms with Gasteiger partial charge in [-0.25, -0.2) is 0 Å². The van der Waals surface area contributed by atoms with Gasteiger partial charge in [0.2, 0.25) is 0 Å². The minimum absolute atomic E-state index is 0.780. The van der Waals surface area contributed by atoms with Gasteiger partial charge in [-0.15, -0.1) is 0 Å². The summed E-state index contributed by atoms with van der Waals surface area (Å²) in [5.41, 5.74) is 2.36. The second-order valence-corrected chi connectivity index (χ2v) is 5.40. The Hall–Kier alpha value is -0.930. The smallest absolute Gasteiger partial charge is 0.0372 e. The Bertz CT molecular complexity index is 347. The molecule has 0 aromatic carbocycles. The first-order chi connectivity index (χ1) is 8.75. The molecule has 18 heavy (non-hydrogen) atoms. The number of hydrogen-bond acceptors (Lipinski definition) is 3. The summed E-state index contributed by atoms with van der Waals surface area (Å²) < 4.78 is 0. The first-order valence-electron chi connectivity index (χ1n) is 7.08. The fraction of sp³-hybridized carbons (Fsp3) is 0.667. The molecule has 1 atom stereocenters. The number of rotatable bonds is 5. The molecule has 100 valence electrons. The van der Waals surface area contributed by atoms with E-state index in [0.717, 1.165) is 24.8 Å². The molecule has 0 bridgehead atoms. The molecule has 0 spiro atoms. The van der Waals surface area contributed by atoms with E-state index >= 15 is 0 Å². The van der Waals surface area contributed by atoms with Crippen LogP contribution in [-0.4, -0.2) is 36.1 Å².